The summed E-state index contributed by atoms with van der Waals surface area (Å²) in [7, 11) is 0. The minimum absolute atomic E-state index is 0.123. The molecule has 0 amide bonds. The van der Waals surface area contributed by atoms with E-state index in [4.69, 9.17) is 0 Å². The Morgan fingerprint density at radius 2 is 2.10 bits per heavy atom. The summed E-state index contributed by atoms with van der Waals surface area (Å²) in [5, 5.41) is 20.0. The zero-order valence-corrected chi connectivity index (χ0v) is 12.3. The number of rotatable bonds is 6. The Hall–Kier alpha value is -1.88. The lowest BCUT2D eigenvalue weighted by molar-refractivity contribution is 0.149. The third-order valence-electron chi connectivity index (χ3n) is 3.71. The van der Waals surface area contributed by atoms with Crippen LogP contribution in [0.5, 0.6) is 0 Å². The van der Waals surface area contributed by atoms with E-state index in [1.807, 2.05) is 31.2 Å². The molecular weight excluding hydrogens is 252 g/mol. The van der Waals surface area contributed by atoms with Gasteiger partial charge in [-0.25, -0.2) is 4.98 Å². The summed E-state index contributed by atoms with van der Waals surface area (Å²) in [5.41, 5.74) is 1.83. The first-order valence-electron chi connectivity index (χ1n) is 6.91. The summed E-state index contributed by atoms with van der Waals surface area (Å²) in [6.45, 7) is 6.91. The van der Waals surface area contributed by atoms with Gasteiger partial charge < -0.3 is 10.4 Å². The van der Waals surface area contributed by atoms with Gasteiger partial charge in [-0.2, -0.15) is 5.10 Å². The lowest BCUT2D eigenvalue weighted by Crippen LogP contribution is -2.29. The number of aromatic nitrogens is 3. The van der Waals surface area contributed by atoms with E-state index in [-0.39, 0.29) is 12.0 Å². The van der Waals surface area contributed by atoms with Crippen LogP contribution in [-0.2, 0) is 0 Å². The van der Waals surface area contributed by atoms with Gasteiger partial charge in [-0.05, 0) is 25.5 Å². The van der Waals surface area contributed by atoms with Gasteiger partial charge in [0.15, 0.2) is 5.82 Å². The van der Waals surface area contributed by atoms with Gasteiger partial charge in [-0.15, -0.1) is 0 Å². The van der Waals surface area contributed by atoms with Crippen LogP contribution in [0.1, 0.15) is 26.1 Å². The molecule has 2 aromatic rings. The predicted octanol–water partition coefficient (Wildman–Crippen LogP) is 2.60. The van der Waals surface area contributed by atoms with Crippen LogP contribution in [0.2, 0.25) is 0 Å². The van der Waals surface area contributed by atoms with Crippen molar-refractivity contribution in [1.82, 2.24) is 15.2 Å². The molecule has 0 aliphatic heterocycles. The van der Waals surface area contributed by atoms with Gasteiger partial charge in [0.2, 0.25) is 0 Å². The molecule has 1 unspecified atom stereocenters. The molecule has 0 aliphatic rings. The molecule has 2 rings (SSSR count). The number of H-pyrrole nitrogens is 1. The number of aliphatic hydroxyl groups is 1. The molecule has 0 saturated heterocycles. The monoisotopic (exact) mass is 274 g/mol. The Kier molecular flexibility index (Phi) is 4.39. The van der Waals surface area contributed by atoms with Crippen LogP contribution in [0.15, 0.2) is 24.3 Å². The Morgan fingerprint density at radius 1 is 1.35 bits per heavy atom. The van der Waals surface area contributed by atoms with Gasteiger partial charge in [-0.3, -0.25) is 5.10 Å². The highest BCUT2D eigenvalue weighted by Crippen LogP contribution is 2.27. The lowest BCUT2D eigenvalue weighted by Gasteiger charge is -2.26. The molecule has 1 aromatic carbocycles. The Labute approximate surface area is 119 Å². The molecule has 0 bridgehead atoms. The zero-order chi connectivity index (χ0) is 14.6. The molecule has 0 radical (unpaired) electrons. The zero-order valence-electron chi connectivity index (χ0n) is 12.3. The van der Waals surface area contributed by atoms with Crippen molar-refractivity contribution in [2.75, 3.05) is 18.5 Å². The number of hydrogen-bond donors (Lipinski definition) is 3. The quantitative estimate of drug-likeness (QED) is 0.757. The van der Waals surface area contributed by atoms with E-state index >= 15 is 0 Å². The minimum Gasteiger partial charge on any atom is -0.396 e. The number of aromatic amines is 1. The van der Waals surface area contributed by atoms with Gasteiger partial charge in [0.25, 0.3) is 0 Å². The first-order chi connectivity index (χ1) is 9.58. The largest absolute Gasteiger partial charge is 0.396 e. The Morgan fingerprint density at radius 3 is 2.70 bits per heavy atom. The average molecular weight is 274 g/mol. The van der Waals surface area contributed by atoms with E-state index in [1.165, 1.54) is 0 Å². The van der Waals surface area contributed by atoms with Crippen molar-refractivity contribution in [3.63, 3.8) is 0 Å². The number of aliphatic hydroxyl groups excluding tert-OH is 1. The van der Waals surface area contributed by atoms with Gasteiger partial charge in [0.1, 0.15) is 5.82 Å². The van der Waals surface area contributed by atoms with Crippen LogP contribution in [0.3, 0.4) is 0 Å². The molecule has 3 N–H and O–H groups in total. The van der Waals surface area contributed by atoms with Crippen LogP contribution >= 0.6 is 0 Å². The number of nitrogens with one attached hydrogen (secondary N) is 2. The van der Waals surface area contributed by atoms with Crippen LogP contribution in [-0.4, -0.2) is 33.4 Å². The Bertz CT molecular complexity index is 561. The van der Waals surface area contributed by atoms with E-state index in [9.17, 15) is 5.11 Å². The number of aryl methyl sites for hydroxylation is 1. The van der Waals surface area contributed by atoms with Crippen molar-refractivity contribution in [2.24, 2.45) is 5.41 Å². The normalized spacial score (nSPS) is 14.0. The van der Waals surface area contributed by atoms with Crippen LogP contribution < -0.4 is 5.32 Å². The molecule has 108 valence electrons. The fourth-order valence-corrected chi connectivity index (χ4v) is 1.90. The lowest BCUT2D eigenvalue weighted by atomic mass is 9.88. The van der Waals surface area contributed by atoms with E-state index in [1.54, 1.807) is 0 Å². The van der Waals surface area contributed by atoms with E-state index in [0.29, 0.717) is 12.4 Å². The molecule has 0 aliphatic carbocycles. The molecule has 5 nitrogen and oxygen atoms in total. The molecule has 1 aromatic heterocycles. The highest BCUT2D eigenvalue weighted by Gasteiger charge is 2.21. The summed E-state index contributed by atoms with van der Waals surface area (Å²) in [5.74, 6) is 1.48. The molecule has 0 saturated carbocycles. The maximum atomic E-state index is 9.48. The number of para-hydroxylation sites is 1. The second-order valence-corrected chi connectivity index (χ2v) is 5.47. The summed E-state index contributed by atoms with van der Waals surface area (Å²) in [6.07, 6.45) is 0.915. The summed E-state index contributed by atoms with van der Waals surface area (Å²) < 4.78 is 0. The second-order valence-electron chi connectivity index (χ2n) is 5.47. The highest BCUT2D eigenvalue weighted by molar-refractivity contribution is 5.73. The third-order valence-corrected chi connectivity index (χ3v) is 3.71. The fraction of sp³-hybridized carbons (Fsp3) is 0.467. The number of nitrogens with zero attached hydrogens (tertiary/aromatic N) is 2. The van der Waals surface area contributed by atoms with Crippen molar-refractivity contribution < 1.29 is 5.11 Å². The standard InChI is InChI=1S/C15H22N4O/c1-4-15(3,10-20)9-16-13-8-6-5-7-12(13)14-17-11(2)18-19-14/h5-8,16,20H,4,9-10H2,1-3H3,(H,17,18,19). The predicted molar refractivity (Wildman–Crippen MR) is 80.5 cm³/mol. The SMILES string of the molecule is CCC(C)(CO)CNc1ccccc1-c1n[nH]c(C)n1. The van der Waals surface area contributed by atoms with E-state index in [0.717, 1.165) is 23.5 Å². The third kappa shape index (κ3) is 3.17. The second kappa shape index (κ2) is 6.05. The van der Waals surface area contributed by atoms with Crippen molar-refractivity contribution in [1.29, 1.82) is 0 Å². The molecule has 20 heavy (non-hydrogen) atoms. The van der Waals surface area contributed by atoms with Crippen molar-refractivity contribution in [3.8, 4) is 11.4 Å². The molecule has 5 heteroatoms. The number of benzene rings is 1. The molecule has 0 spiro atoms. The smallest absolute Gasteiger partial charge is 0.183 e. The number of hydrogen-bond acceptors (Lipinski definition) is 4. The maximum Gasteiger partial charge on any atom is 0.183 e. The summed E-state index contributed by atoms with van der Waals surface area (Å²) >= 11 is 0. The minimum atomic E-state index is -0.123. The Balaban J connectivity index is 2.21. The topological polar surface area (TPSA) is 73.8 Å². The van der Waals surface area contributed by atoms with Gasteiger partial charge in [-0.1, -0.05) is 26.0 Å². The van der Waals surface area contributed by atoms with Crippen molar-refractivity contribution in [2.45, 2.75) is 27.2 Å². The van der Waals surface area contributed by atoms with Crippen LogP contribution in [0, 0.1) is 12.3 Å². The molecule has 1 heterocycles. The first kappa shape index (κ1) is 14.5. The summed E-state index contributed by atoms with van der Waals surface area (Å²) in [4.78, 5) is 4.37. The summed E-state index contributed by atoms with van der Waals surface area (Å²) in [6, 6.07) is 7.95. The highest BCUT2D eigenvalue weighted by atomic mass is 16.3. The van der Waals surface area contributed by atoms with Crippen molar-refractivity contribution in [3.05, 3.63) is 30.1 Å². The van der Waals surface area contributed by atoms with Gasteiger partial charge >= 0.3 is 0 Å². The van der Waals surface area contributed by atoms with Gasteiger partial charge in [0.05, 0.1) is 6.61 Å². The average Bonchev–Trinajstić information content (AvgIpc) is 2.91. The number of anilines is 1. The van der Waals surface area contributed by atoms with Crippen molar-refractivity contribution >= 4 is 5.69 Å². The molecule has 1 atom stereocenters. The van der Waals surface area contributed by atoms with E-state index < -0.39 is 0 Å². The fourth-order valence-electron chi connectivity index (χ4n) is 1.90. The van der Waals surface area contributed by atoms with E-state index in [2.05, 4.69) is 34.3 Å². The maximum absolute atomic E-state index is 9.48. The first-order valence-corrected chi connectivity index (χ1v) is 6.91. The van der Waals surface area contributed by atoms with Crippen LogP contribution in [0.25, 0.3) is 11.4 Å². The van der Waals surface area contributed by atoms with Gasteiger partial charge in [0, 0.05) is 23.2 Å². The molecule has 0 fully saturated rings. The van der Waals surface area contributed by atoms with Crippen LogP contribution in [0.4, 0.5) is 5.69 Å². The molecular formula is C15H22N4O.